The van der Waals surface area contributed by atoms with Gasteiger partial charge in [0.05, 0.1) is 5.92 Å². The molecule has 1 rings (SSSR count). The molecule has 0 radical (unpaired) electrons. The van der Waals surface area contributed by atoms with Crippen LogP contribution in [0, 0.1) is 0 Å². The molecule has 0 aliphatic rings. The second kappa shape index (κ2) is 5.12. The summed E-state index contributed by atoms with van der Waals surface area (Å²) in [5.74, 6) is -0.735. The Kier molecular flexibility index (Phi) is 4.23. The Bertz CT molecular complexity index is 519. The van der Waals surface area contributed by atoms with Crippen molar-refractivity contribution in [3.8, 4) is 5.75 Å². The predicted octanol–water partition coefficient (Wildman–Crippen LogP) is 3.58. The van der Waals surface area contributed by atoms with Gasteiger partial charge in [0.25, 0.3) is 0 Å². The smallest absolute Gasteiger partial charge is 0.224 e. The molecule has 1 aromatic rings. The van der Waals surface area contributed by atoms with Crippen molar-refractivity contribution in [3.63, 3.8) is 0 Å². The van der Waals surface area contributed by atoms with E-state index in [1.165, 1.54) is 0 Å². The average Bonchev–Trinajstić information content (AvgIpc) is 2.24. The van der Waals surface area contributed by atoms with Crippen LogP contribution < -0.4 is 5.73 Å². The number of carbonyl (C=O) groups is 1. The summed E-state index contributed by atoms with van der Waals surface area (Å²) in [7, 11) is 0. The number of phenolic OH excluding ortho intramolecular Hbond substituents is 1. The minimum atomic E-state index is -0.501. The van der Waals surface area contributed by atoms with E-state index >= 15 is 0 Å². The van der Waals surface area contributed by atoms with Crippen LogP contribution in [0.4, 0.5) is 0 Å². The predicted molar refractivity (Wildman–Crippen MR) is 83.1 cm³/mol. The Labute approximate surface area is 122 Å². The number of carbonyl (C=O) groups excluding carboxylic acids is 1. The fourth-order valence-electron chi connectivity index (χ4n) is 2.14. The highest BCUT2D eigenvalue weighted by Gasteiger charge is 2.27. The van der Waals surface area contributed by atoms with Crippen LogP contribution in [0.2, 0.25) is 0 Å². The molecule has 0 saturated carbocycles. The Morgan fingerprint density at radius 3 is 1.95 bits per heavy atom. The summed E-state index contributed by atoms with van der Waals surface area (Å²) in [6.45, 7) is 14.2. The average molecular weight is 277 g/mol. The highest BCUT2D eigenvalue weighted by Crippen LogP contribution is 2.40. The number of nitrogens with two attached hydrogens (primary N) is 1. The van der Waals surface area contributed by atoms with Crippen LogP contribution in [0.25, 0.3) is 0 Å². The molecule has 0 bridgehead atoms. The summed E-state index contributed by atoms with van der Waals surface area (Å²) >= 11 is 0. The first-order valence-electron chi connectivity index (χ1n) is 7.03. The summed E-state index contributed by atoms with van der Waals surface area (Å²) < 4.78 is 0. The van der Waals surface area contributed by atoms with Crippen LogP contribution >= 0.6 is 0 Å². The van der Waals surface area contributed by atoms with Crippen LogP contribution in [0.1, 0.15) is 71.1 Å². The van der Waals surface area contributed by atoms with E-state index in [-0.39, 0.29) is 16.6 Å². The lowest BCUT2D eigenvalue weighted by atomic mass is 9.77. The lowest BCUT2D eigenvalue weighted by Crippen LogP contribution is -2.22. The second-order valence-corrected chi connectivity index (χ2v) is 7.59. The van der Waals surface area contributed by atoms with Crippen molar-refractivity contribution in [3.05, 3.63) is 28.8 Å². The third kappa shape index (κ3) is 3.33. The fraction of sp³-hybridized carbons (Fsp3) is 0.588. The van der Waals surface area contributed by atoms with Gasteiger partial charge in [-0.1, -0.05) is 53.7 Å². The minimum absolute atomic E-state index is 0.0557. The molecule has 3 nitrogen and oxygen atoms in total. The van der Waals surface area contributed by atoms with Gasteiger partial charge in [-0.25, -0.2) is 0 Å². The molecule has 3 heteroatoms. The summed E-state index contributed by atoms with van der Waals surface area (Å²) in [6, 6.07) is 3.94. The molecule has 1 atom stereocenters. The first kappa shape index (κ1) is 16.5. The molecule has 0 aromatic heterocycles. The van der Waals surface area contributed by atoms with Gasteiger partial charge in [0, 0.05) is 5.56 Å². The normalized spacial score (nSPS) is 14.2. The number of benzene rings is 1. The number of phenols is 1. The monoisotopic (exact) mass is 277 g/mol. The lowest BCUT2D eigenvalue weighted by Gasteiger charge is -2.28. The van der Waals surface area contributed by atoms with Crippen LogP contribution in [0.15, 0.2) is 12.1 Å². The quantitative estimate of drug-likeness (QED) is 0.868. The van der Waals surface area contributed by atoms with Gasteiger partial charge >= 0.3 is 0 Å². The van der Waals surface area contributed by atoms with Crippen molar-refractivity contribution < 1.29 is 9.90 Å². The molecule has 0 saturated heterocycles. The van der Waals surface area contributed by atoms with Crippen LogP contribution in [0.5, 0.6) is 5.75 Å². The minimum Gasteiger partial charge on any atom is -0.507 e. The third-order valence-corrected chi connectivity index (χ3v) is 3.71. The molecular weight excluding hydrogens is 250 g/mol. The van der Waals surface area contributed by atoms with Crippen LogP contribution in [-0.4, -0.2) is 11.0 Å². The maximum atomic E-state index is 11.5. The second-order valence-electron chi connectivity index (χ2n) is 7.59. The zero-order valence-electron chi connectivity index (χ0n) is 13.7. The molecule has 112 valence electrons. The van der Waals surface area contributed by atoms with E-state index in [1.54, 1.807) is 6.92 Å². The molecular formula is C17H27NO2. The summed E-state index contributed by atoms with van der Waals surface area (Å²) in [4.78, 5) is 11.5. The van der Waals surface area contributed by atoms with E-state index in [0.717, 1.165) is 11.1 Å². The third-order valence-electron chi connectivity index (χ3n) is 3.71. The number of amides is 1. The molecule has 0 fully saturated rings. The molecule has 1 aromatic carbocycles. The molecule has 0 spiro atoms. The van der Waals surface area contributed by atoms with Crippen molar-refractivity contribution >= 4 is 5.91 Å². The maximum Gasteiger partial charge on any atom is 0.224 e. The highest BCUT2D eigenvalue weighted by atomic mass is 16.3. The SMILES string of the molecule is CC(C(N)=O)c1cc(C(C)(C)C)cc(C(C)(C)C)c1O. The molecule has 1 amide bonds. The van der Waals surface area contributed by atoms with E-state index in [1.807, 2.05) is 32.9 Å². The first-order chi connectivity index (χ1) is 8.85. The summed E-state index contributed by atoms with van der Waals surface area (Å²) in [5.41, 5.74) is 7.73. The van der Waals surface area contributed by atoms with E-state index < -0.39 is 11.8 Å². The van der Waals surface area contributed by atoms with Gasteiger partial charge < -0.3 is 10.8 Å². The standard InChI is InChI=1S/C17H27NO2/c1-10(15(18)20)12-8-11(16(2,3)4)9-13(14(12)19)17(5,6)7/h8-10,19H,1-7H3,(H2,18,20). The van der Waals surface area contributed by atoms with Crippen molar-refractivity contribution in [1.29, 1.82) is 0 Å². The van der Waals surface area contributed by atoms with Crippen LogP contribution in [0.3, 0.4) is 0 Å². The zero-order chi connectivity index (χ0) is 15.9. The highest BCUT2D eigenvalue weighted by molar-refractivity contribution is 5.82. The molecule has 0 aliphatic heterocycles. The first-order valence-corrected chi connectivity index (χ1v) is 7.03. The molecule has 20 heavy (non-hydrogen) atoms. The Morgan fingerprint density at radius 2 is 1.60 bits per heavy atom. The molecule has 3 N–H and O–H groups in total. The van der Waals surface area contributed by atoms with Gasteiger partial charge in [-0.05, 0) is 28.9 Å². The van der Waals surface area contributed by atoms with Gasteiger partial charge in [-0.2, -0.15) is 0 Å². The Morgan fingerprint density at radius 1 is 1.10 bits per heavy atom. The molecule has 0 heterocycles. The Hall–Kier alpha value is -1.51. The van der Waals surface area contributed by atoms with Crippen molar-refractivity contribution in [1.82, 2.24) is 0 Å². The van der Waals surface area contributed by atoms with E-state index in [4.69, 9.17) is 5.73 Å². The number of aromatic hydroxyl groups is 1. The van der Waals surface area contributed by atoms with Crippen molar-refractivity contribution in [2.75, 3.05) is 0 Å². The topological polar surface area (TPSA) is 63.3 Å². The fourth-order valence-corrected chi connectivity index (χ4v) is 2.14. The van der Waals surface area contributed by atoms with Gasteiger partial charge in [0.1, 0.15) is 5.75 Å². The molecule has 0 aliphatic carbocycles. The van der Waals surface area contributed by atoms with Gasteiger partial charge in [-0.3, -0.25) is 4.79 Å². The van der Waals surface area contributed by atoms with Gasteiger partial charge in [0.15, 0.2) is 0 Å². The molecule has 1 unspecified atom stereocenters. The number of hydrogen-bond acceptors (Lipinski definition) is 2. The van der Waals surface area contributed by atoms with Crippen molar-refractivity contribution in [2.24, 2.45) is 5.73 Å². The number of rotatable bonds is 2. The van der Waals surface area contributed by atoms with E-state index in [2.05, 4.69) is 20.8 Å². The van der Waals surface area contributed by atoms with Crippen molar-refractivity contribution in [2.45, 2.75) is 65.2 Å². The number of hydrogen-bond donors (Lipinski definition) is 2. The number of primary amides is 1. The van der Waals surface area contributed by atoms with E-state index in [9.17, 15) is 9.90 Å². The zero-order valence-corrected chi connectivity index (χ0v) is 13.7. The van der Waals surface area contributed by atoms with Crippen LogP contribution in [-0.2, 0) is 15.6 Å². The largest absolute Gasteiger partial charge is 0.507 e. The maximum absolute atomic E-state index is 11.5. The summed E-state index contributed by atoms with van der Waals surface area (Å²) in [5, 5.41) is 10.5. The van der Waals surface area contributed by atoms with Gasteiger partial charge in [0.2, 0.25) is 5.91 Å². The lowest BCUT2D eigenvalue weighted by molar-refractivity contribution is -0.119. The Balaban J connectivity index is 3.64. The van der Waals surface area contributed by atoms with Gasteiger partial charge in [-0.15, -0.1) is 0 Å². The van der Waals surface area contributed by atoms with E-state index in [0.29, 0.717) is 5.56 Å². The summed E-state index contributed by atoms with van der Waals surface area (Å²) in [6.07, 6.45) is 0.